The highest BCUT2D eigenvalue weighted by molar-refractivity contribution is 5.85. The fourth-order valence-electron chi connectivity index (χ4n) is 2.76. The lowest BCUT2D eigenvalue weighted by Gasteiger charge is -2.30. The van der Waals surface area contributed by atoms with Crippen LogP contribution in [0.25, 0.3) is 0 Å². The lowest BCUT2D eigenvalue weighted by Crippen LogP contribution is -2.44. The van der Waals surface area contributed by atoms with Gasteiger partial charge in [-0.25, -0.2) is 0 Å². The molecule has 1 aliphatic rings. The minimum Gasteiger partial charge on any atom is -0.489 e. The molecule has 2 aromatic carbocycles. The molecule has 0 spiro atoms. The summed E-state index contributed by atoms with van der Waals surface area (Å²) in [6.07, 6.45) is 1.72. The predicted octanol–water partition coefficient (Wildman–Crippen LogP) is 3.02. The number of hydrogen-bond donors (Lipinski definition) is 1. The molecule has 0 saturated carbocycles. The maximum absolute atomic E-state index is 12.1. The molecule has 1 fully saturated rings. The van der Waals surface area contributed by atoms with Crippen molar-refractivity contribution < 1.29 is 14.3 Å². The van der Waals surface area contributed by atoms with Crippen LogP contribution in [0.3, 0.4) is 0 Å². The summed E-state index contributed by atoms with van der Waals surface area (Å²) in [4.78, 5) is 14.0. The fraction of sp³-hybridized carbons (Fsp3) is 0.350. The summed E-state index contributed by atoms with van der Waals surface area (Å²) in [5.74, 6) is 1.44. The number of nitrogens with two attached hydrogens (primary N) is 1. The normalized spacial score (nSPS) is 14.4. The standard InChI is InChI=1S/C20H24N2O3.ClH/c21-17-10-12-22(13-11-17)20(23)15-25-19-8-6-18(7-9-19)24-14-16-4-2-1-3-5-16;/h1-9,17H,10-15,21H2;1H. The van der Waals surface area contributed by atoms with Gasteiger partial charge in [0, 0.05) is 19.1 Å². The van der Waals surface area contributed by atoms with E-state index in [2.05, 4.69) is 0 Å². The summed E-state index contributed by atoms with van der Waals surface area (Å²) in [5.41, 5.74) is 6.98. The Morgan fingerprint density at radius 3 is 2.15 bits per heavy atom. The van der Waals surface area contributed by atoms with Crippen LogP contribution in [0, 0.1) is 0 Å². The Morgan fingerprint density at radius 1 is 0.962 bits per heavy atom. The molecule has 0 bridgehead atoms. The Balaban J connectivity index is 0.00000243. The number of benzene rings is 2. The van der Waals surface area contributed by atoms with E-state index in [1.54, 1.807) is 0 Å². The number of carbonyl (C=O) groups is 1. The van der Waals surface area contributed by atoms with Gasteiger partial charge in [-0.15, -0.1) is 12.4 Å². The van der Waals surface area contributed by atoms with E-state index in [4.69, 9.17) is 15.2 Å². The van der Waals surface area contributed by atoms with Gasteiger partial charge in [0.25, 0.3) is 5.91 Å². The van der Waals surface area contributed by atoms with Gasteiger partial charge < -0.3 is 20.1 Å². The Bertz CT molecular complexity index is 671. The summed E-state index contributed by atoms with van der Waals surface area (Å²) in [7, 11) is 0. The largest absolute Gasteiger partial charge is 0.489 e. The number of amides is 1. The molecule has 140 valence electrons. The van der Waals surface area contributed by atoms with E-state index in [0.717, 1.165) is 37.2 Å². The Labute approximate surface area is 160 Å². The fourth-order valence-corrected chi connectivity index (χ4v) is 2.76. The van der Waals surface area contributed by atoms with E-state index in [9.17, 15) is 4.79 Å². The first-order valence-corrected chi connectivity index (χ1v) is 8.63. The second-order valence-corrected chi connectivity index (χ2v) is 6.25. The first-order chi connectivity index (χ1) is 12.2. The molecular formula is C20H25ClN2O3. The molecule has 1 heterocycles. The van der Waals surface area contributed by atoms with Crippen LogP contribution in [-0.2, 0) is 11.4 Å². The van der Waals surface area contributed by atoms with E-state index in [1.807, 2.05) is 59.5 Å². The Kier molecular flexibility index (Phi) is 7.75. The molecule has 0 aliphatic carbocycles. The Hall–Kier alpha value is -2.24. The van der Waals surface area contributed by atoms with Crippen molar-refractivity contribution in [2.75, 3.05) is 19.7 Å². The zero-order valence-electron chi connectivity index (χ0n) is 14.7. The van der Waals surface area contributed by atoms with Crippen LogP contribution in [0.4, 0.5) is 0 Å². The van der Waals surface area contributed by atoms with Crippen molar-refractivity contribution in [3.05, 3.63) is 60.2 Å². The molecule has 0 aromatic heterocycles. The average Bonchev–Trinajstić information content (AvgIpc) is 2.67. The van der Waals surface area contributed by atoms with Crippen LogP contribution >= 0.6 is 12.4 Å². The number of ether oxygens (including phenoxy) is 2. The number of nitrogens with zero attached hydrogens (tertiary/aromatic N) is 1. The van der Waals surface area contributed by atoms with Crippen LogP contribution < -0.4 is 15.2 Å². The van der Waals surface area contributed by atoms with Crippen molar-refractivity contribution in [2.45, 2.75) is 25.5 Å². The SMILES string of the molecule is Cl.NC1CCN(C(=O)COc2ccc(OCc3ccccc3)cc2)CC1. The summed E-state index contributed by atoms with van der Waals surface area (Å²) in [5, 5.41) is 0. The average molecular weight is 377 g/mol. The van der Waals surface area contributed by atoms with E-state index >= 15 is 0 Å². The van der Waals surface area contributed by atoms with Crippen molar-refractivity contribution in [2.24, 2.45) is 5.73 Å². The molecule has 1 saturated heterocycles. The number of rotatable bonds is 6. The predicted molar refractivity (Wildman–Crippen MR) is 104 cm³/mol. The van der Waals surface area contributed by atoms with E-state index in [1.165, 1.54) is 0 Å². The van der Waals surface area contributed by atoms with Gasteiger partial charge in [-0.2, -0.15) is 0 Å². The maximum Gasteiger partial charge on any atom is 0.260 e. The van der Waals surface area contributed by atoms with Gasteiger partial charge in [-0.3, -0.25) is 4.79 Å². The summed E-state index contributed by atoms with van der Waals surface area (Å²) in [6.45, 7) is 2.02. The zero-order chi connectivity index (χ0) is 17.5. The maximum atomic E-state index is 12.1. The minimum atomic E-state index is 0. The number of piperidine rings is 1. The first-order valence-electron chi connectivity index (χ1n) is 8.63. The van der Waals surface area contributed by atoms with Gasteiger partial charge in [0.05, 0.1) is 0 Å². The lowest BCUT2D eigenvalue weighted by atomic mass is 10.1. The first kappa shape index (κ1) is 20.1. The van der Waals surface area contributed by atoms with Crippen molar-refractivity contribution in [3.63, 3.8) is 0 Å². The molecule has 2 N–H and O–H groups in total. The van der Waals surface area contributed by atoms with Gasteiger partial charge in [0.15, 0.2) is 6.61 Å². The summed E-state index contributed by atoms with van der Waals surface area (Å²) < 4.78 is 11.3. The number of likely N-dealkylation sites (tertiary alicyclic amines) is 1. The van der Waals surface area contributed by atoms with Gasteiger partial charge >= 0.3 is 0 Å². The van der Waals surface area contributed by atoms with Crippen LogP contribution in [0.1, 0.15) is 18.4 Å². The molecule has 2 aromatic rings. The molecule has 0 atom stereocenters. The molecule has 3 rings (SSSR count). The van der Waals surface area contributed by atoms with Crippen molar-refractivity contribution in [1.29, 1.82) is 0 Å². The third kappa shape index (κ3) is 5.93. The highest BCUT2D eigenvalue weighted by Crippen LogP contribution is 2.19. The topological polar surface area (TPSA) is 64.8 Å². The molecule has 0 unspecified atom stereocenters. The van der Waals surface area contributed by atoms with Crippen molar-refractivity contribution in [3.8, 4) is 11.5 Å². The number of carbonyl (C=O) groups excluding carboxylic acids is 1. The molecule has 6 heteroatoms. The molecule has 5 nitrogen and oxygen atoms in total. The van der Waals surface area contributed by atoms with Gasteiger partial charge in [0.1, 0.15) is 18.1 Å². The van der Waals surface area contributed by atoms with Crippen LogP contribution in [0.5, 0.6) is 11.5 Å². The molecule has 1 aliphatic heterocycles. The van der Waals surface area contributed by atoms with Gasteiger partial charge in [-0.05, 0) is 42.7 Å². The number of hydrogen-bond acceptors (Lipinski definition) is 4. The van der Waals surface area contributed by atoms with E-state index in [-0.39, 0.29) is 31.0 Å². The Morgan fingerprint density at radius 2 is 1.54 bits per heavy atom. The molecule has 1 amide bonds. The lowest BCUT2D eigenvalue weighted by molar-refractivity contribution is -0.134. The van der Waals surface area contributed by atoms with Crippen LogP contribution in [-0.4, -0.2) is 36.5 Å². The smallest absolute Gasteiger partial charge is 0.260 e. The zero-order valence-corrected chi connectivity index (χ0v) is 15.5. The van der Waals surface area contributed by atoms with Gasteiger partial charge in [0.2, 0.25) is 0 Å². The van der Waals surface area contributed by atoms with Crippen LogP contribution in [0.15, 0.2) is 54.6 Å². The number of halogens is 1. The third-order valence-corrected chi connectivity index (χ3v) is 4.33. The summed E-state index contributed by atoms with van der Waals surface area (Å²) >= 11 is 0. The van der Waals surface area contributed by atoms with Crippen LogP contribution in [0.2, 0.25) is 0 Å². The minimum absolute atomic E-state index is 0. The molecule has 0 radical (unpaired) electrons. The quantitative estimate of drug-likeness (QED) is 0.841. The highest BCUT2D eigenvalue weighted by atomic mass is 35.5. The van der Waals surface area contributed by atoms with Crippen molar-refractivity contribution in [1.82, 2.24) is 4.90 Å². The highest BCUT2D eigenvalue weighted by Gasteiger charge is 2.20. The summed E-state index contributed by atoms with van der Waals surface area (Å²) in [6, 6.07) is 17.6. The van der Waals surface area contributed by atoms with Crippen molar-refractivity contribution >= 4 is 18.3 Å². The second-order valence-electron chi connectivity index (χ2n) is 6.25. The van der Waals surface area contributed by atoms with E-state index in [0.29, 0.717) is 12.4 Å². The second kappa shape index (κ2) is 10.0. The van der Waals surface area contributed by atoms with Gasteiger partial charge in [-0.1, -0.05) is 30.3 Å². The monoisotopic (exact) mass is 376 g/mol. The molecule has 26 heavy (non-hydrogen) atoms. The molecular weight excluding hydrogens is 352 g/mol. The third-order valence-electron chi connectivity index (χ3n) is 4.33. The van der Waals surface area contributed by atoms with E-state index < -0.39 is 0 Å².